The van der Waals surface area contributed by atoms with E-state index in [2.05, 4.69) is 15.3 Å². The van der Waals surface area contributed by atoms with E-state index in [9.17, 15) is 13.2 Å². The molecule has 46 heavy (non-hydrogen) atoms. The summed E-state index contributed by atoms with van der Waals surface area (Å²) in [4.78, 5) is 21.8. The predicted octanol–water partition coefficient (Wildman–Crippen LogP) is 5.14. The van der Waals surface area contributed by atoms with E-state index in [0.717, 1.165) is 27.8 Å². The number of fused-ring (bicyclic) bond motifs is 1. The number of hydrogen-bond donors (Lipinski definition) is 3. The van der Waals surface area contributed by atoms with Crippen LogP contribution < -0.4 is 26.6 Å². The Bertz CT molecular complexity index is 1820. The number of amides is 1. The van der Waals surface area contributed by atoms with Crippen LogP contribution in [0.15, 0.2) is 78.1 Å². The number of nitrogen functional groups attached to an aromatic ring is 1. The van der Waals surface area contributed by atoms with Crippen molar-refractivity contribution in [3.63, 3.8) is 0 Å². The van der Waals surface area contributed by atoms with Crippen molar-refractivity contribution in [2.75, 3.05) is 29.1 Å². The number of aromatic nitrogens is 2. The number of hydrogen-bond acceptors (Lipinski definition) is 9. The number of sulfonamides is 1. The largest absolute Gasteiger partial charge is 0.472 e. The van der Waals surface area contributed by atoms with E-state index < -0.39 is 15.9 Å². The van der Waals surface area contributed by atoms with Crippen LogP contribution in [0.5, 0.6) is 5.88 Å². The first kappa shape index (κ1) is 32.9. The zero-order chi connectivity index (χ0) is 33.0. The molecule has 2 aromatic carbocycles. The van der Waals surface area contributed by atoms with Gasteiger partial charge in [-0.05, 0) is 85.3 Å². The first-order chi connectivity index (χ1) is 22.0. The van der Waals surface area contributed by atoms with Crippen LogP contribution in [0.1, 0.15) is 61.9 Å². The minimum Gasteiger partial charge on any atom is -0.472 e. The molecule has 0 bridgehead atoms. The van der Waals surface area contributed by atoms with Crippen LogP contribution >= 0.6 is 0 Å². The highest BCUT2D eigenvalue weighted by Gasteiger charge is 2.35. The van der Waals surface area contributed by atoms with Gasteiger partial charge in [-0.2, -0.15) is 4.31 Å². The number of nitrogens with zero attached hydrogens (tertiary/aromatic N) is 4. The van der Waals surface area contributed by atoms with E-state index in [1.54, 1.807) is 35.6 Å². The van der Waals surface area contributed by atoms with E-state index in [-0.39, 0.29) is 43.7 Å². The monoisotopic (exact) mass is 645 g/mol. The molecule has 11 nitrogen and oxygen atoms in total. The van der Waals surface area contributed by atoms with Crippen molar-refractivity contribution in [3.05, 3.63) is 101 Å². The van der Waals surface area contributed by atoms with Crippen LogP contribution in [0.4, 0.5) is 17.1 Å². The highest BCUT2D eigenvalue weighted by atomic mass is 32.2. The second-order valence-electron chi connectivity index (χ2n) is 11.5. The van der Waals surface area contributed by atoms with Crippen molar-refractivity contribution >= 4 is 33.0 Å². The first-order valence-electron chi connectivity index (χ1n) is 15.4. The number of nitrogens with one attached hydrogen (secondary N) is 1. The second kappa shape index (κ2) is 13.9. The summed E-state index contributed by atoms with van der Waals surface area (Å²) in [6.07, 6.45) is 5.15. The molecule has 5 N–H and O–H groups in total. The van der Waals surface area contributed by atoms with Crippen LogP contribution in [-0.2, 0) is 21.4 Å². The van der Waals surface area contributed by atoms with Gasteiger partial charge in [0.05, 0.1) is 29.8 Å². The quantitative estimate of drug-likeness (QED) is 0.121. The van der Waals surface area contributed by atoms with E-state index in [1.807, 2.05) is 58.0 Å². The molecule has 1 aliphatic rings. The van der Waals surface area contributed by atoms with Gasteiger partial charge < -0.3 is 20.8 Å². The summed E-state index contributed by atoms with van der Waals surface area (Å²) >= 11 is 0. The summed E-state index contributed by atoms with van der Waals surface area (Å²) in [6.45, 7) is 8.67. The second-order valence-corrected chi connectivity index (χ2v) is 13.4. The van der Waals surface area contributed by atoms with Gasteiger partial charge in [0.1, 0.15) is 11.0 Å². The molecule has 1 aliphatic heterocycles. The Morgan fingerprint density at radius 2 is 1.93 bits per heavy atom. The average molecular weight is 646 g/mol. The third kappa shape index (κ3) is 6.84. The maximum atomic E-state index is 13.9. The Morgan fingerprint density at radius 3 is 2.65 bits per heavy atom. The van der Waals surface area contributed by atoms with Gasteiger partial charge in [-0.1, -0.05) is 31.2 Å². The molecule has 2 aromatic heterocycles. The van der Waals surface area contributed by atoms with E-state index in [1.165, 1.54) is 16.6 Å². The number of carbonyl (C=O) groups excluding carboxylic acids is 1. The first-order valence-corrected chi connectivity index (χ1v) is 16.8. The van der Waals surface area contributed by atoms with E-state index in [0.29, 0.717) is 30.0 Å². The third-order valence-electron chi connectivity index (χ3n) is 8.51. The standard InChI is InChI=1S/C34H41N7O4S.H2/c1-5-27-21-40(46(43,44)31-10-8-16-38-34(31)45-27)20-25-17-24(12-11-22(25)3)29(18-32(42)39-26-9-7-15-37-19-26)28-13-14-30(41(36)6-2)33(35)23(28)4;/h7-17,19,27,29H,5-6,18,20-21,35-36H2,1-4H3,(H,39,42);1H/t27-,29+;/m1./s1. The normalized spacial score (nSPS) is 16.5. The molecule has 4 aromatic rings. The Labute approximate surface area is 272 Å². The fourth-order valence-corrected chi connectivity index (χ4v) is 7.24. The number of carbonyl (C=O) groups is 1. The number of nitrogens with two attached hydrogens (primary N) is 2. The van der Waals surface area contributed by atoms with Gasteiger partial charge in [-0.25, -0.2) is 19.2 Å². The lowest BCUT2D eigenvalue weighted by Crippen LogP contribution is -2.36. The predicted molar refractivity (Wildman–Crippen MR) is 182 cm³/mol. The van der Waals surface area contributed by atoms with Crippen molar-refractivity contribution in [3.8, 4) is 5.88 Å². The van der Waals surface area contributed by atoms with Gasteiger partial charge in [0.2, 0.25) is 21.8 Å². The number of aryl methyl sites for hydroxylation is 1. The van der Waals surface area contributed by atoms with Crippen LogP contribution in [0.2, 0.25) is 0 Å². The molecule has 1 amide bonds. The Morgan fingerprint density at radius 1 is 1.15 bits per heavy atom. The van der Waals surface area contributed by atoms with Gasteiger partial charge >= 0.3 is 0 Å². The SMILES string of the molecule is CC[C@@H]1CN(Cc2cc([C@H](CC(=O)Nc3cccnc3)c3ccc(N(N)CC)c(N)c3C)ccc2C)S(=O)(=O)c2cccnc2O1.[HH]. The summed E-state index contributed by atoms with van der Waals surface area (Å²) in [7, 11) is -3.90. The highest BCUT2D eigenvalue weighted by molar-refractivity contribution is 7.89. The van der Waals surface area contributed by atoms with Crippen LogP contribution in [0.25, 0.3) is 0 Å². The van der Waals surface area contributed by atoms with E-state index >= 15 is 0 Å². The minimum atomic E-state index is -3.90. The molecule has 0 saturated heterocycles. The summed E-state index contributed by atoms with van der Waals surface area (Å²) in [5.41, 5.74) is 12.7. The Hall–Kier alpha value is -4.52. The average Bonchev–Trinajstić information content (AvgIpc) is 3.15. The molecule has 0 saturated carbocycles. The molecule has 2 atom stereocenters. The lowest BCUT2D eigenvalue weighted by Gasteiger charge is -2.26. The molecule has 0 spiro atoms. The topological polar surface area (TPSA) is 157 Å². The van der Waals surface area contributed by atoms with Gasteiger partial charge in [0, 0.05) is 39.2 Å². The molecule has 0 fully saturated rings. The molecule has 5 rings (SSSR count). The number of rotatable bonds is 10. The number of pyridine rings is 2. The maximum absolute atomic E-state index is 13.9. The lowest BCUT2D eigenvalue weighted by molar-refractivity contribution is -0.116. The molecule has 0 unspecified atom stereocenters. The van der Waals surface area contributed by atoms with Gasteiger partial charge in [-0.3, -0.25) is 9.78 Å². The smallest absolute Gasteiger partial charge is 0.248 e. The Balaban J connectivity index is 0.00000500. The highest BCUT2D eigenvalue weighted by Crippen LogP contribution is 2.38. The molecule has 0 aliphatic carbocycles. The van der Waals surface area contributed by atoms with Crippen molar-refractivity contribution < 1.29 is 19.4 Å². The van der Waals surface area contributed by atoms with Gasteiger partial charge in [-0.15, -0.1) is 0 Å². The van der Waals surface area contributed by atoms with Crippen molar-refractivity contribution in [1.82, 2.24) is 14.3 Å². The molecular weight excluding hydrogens is 602 g/mol. The molecule has 12 heteroatoms. The number of benzene rings is 2. The van der Waals surface area contributed by atoms with E-state index in [4.69, 9.17) is 16.3 Å². The minimum absolute atomic E-state index is 0. The van der Waals surface area contributed by atoms with Crippen molar-refractivity contribution in [1.29, 1.82) is 0 Å². The molecule has 3 heterocycles. The molecule has 0 radical (unpaired) electrons. The van der Waals surface area contributed by atoms with Crippen molar-refractivity contribution in [2.45, 2.75) is 64.0 Å². The van der Waals surface area contributed by atoms with Gasteiger partial charge in [0.25, 0.3) is 0 Å². The molecule has 244 valence electrons. The maximum Gasteiger partial charge on any atom is 0.248 e. The number of hydrazine groups is 1. The molecular formula is C34H43N7O4S. The van der Waals surface area contributed by atoms with Crippen LogP contribution in [0.3, 0.4) is 0 Å². The summed E-state index contributed by atoms with van der Waals surface area (Å²) < 4.78 is 35.2. The lowest BCUT2D eigenvalue weighted by atomic mass is 9.83. The zero-order valence-electron chi connectivity index (χ0n) is 26.6. The Kier molecular flexibility index (Phi) is 9.90. The summed E-state index contributed by atoms with van der Waals surface area (Å²) in [5, 5.41) is 4.53. The number of ether oxygens (including phenoxy) is 1. The van der Waals surface area contributed by atoms with Crippen molar-refractivity contribution in [2.24, 2.45) is 5.84 Å². The van der Waals surface area contributed by atoms with Gasteiger partial charge in [0.15, 0.2) is 0 Å². The third-order valence-corrected chi connectivity index (χ3v) is 10.3. The van der Waals surface area contributed by atoms with Crippen LogP contribution in [0, 0.1) is 13.8 Å². The number of anilines is 3. The zero-order valence-corrected chi connectivity index (χ0v) is 27.4. The summed E-state index contributed by atoms with van der Waals surface area (Å²) in [6, 6.07) is 16.5. The fourth-order valence-electron chi connectivity index (χ4n) is 5.72. The summed E-state index contributed by atoms with van der Waals surface area (Å²) in [5.74, 6) is 5.73. The van der Waals surface area contributed by atoms with Crippen LogP contribution in [-0.4, -0.2) is 47.8 Å². The fraction of sp³-hybridized carbons (Fsp3) is 0.324.